The summed E-state index contributed by atoms with van der Waals surface area (Å²) in [7, 11) is 3.83. The van der Waals surface area contributed by atoms with Crippen LogP contribution in [0.1, 0.15) is 20.3 Å². The van der Waals surface area contributed by atoms with Crippen molar-refractivity contribution in [2.24, 2.45) is 0 Å². The molecule has 1 atom stereocenters. The van der Waals surface area contributed by atoms with Gasteiger partial charge in [0, 0.05) is 19.3 Å². The van der Waals surface area contributed by atoms with Crippen molar-refractivity contribution >= 4 is 17.6 Å². The molecule has 0 aromatic heterocycles. The molecule has 0 spiro atoms. The van der Waals surface area contributed by atoms with E-state index in [0.717, 1.165) is 5.75 Å². The summed E-state index contributed by atoms with van der Waals surface area (Å²) in [6.07, 6.45) is 1.19. The van der Waals surface area contributed by atoms with Gasteiger partial charge in [-0.2, -0.15) is 11.8 Å². The van der Waals surface area contributed by atoms with Gasteiger partial charge in [0.2, 0.25) is 0 Å². The highest BCUT2D eigenvalue weighted by Gasteiger charge is 2.02. The van der Waals surface area contributed by atoms with E-state index in [1.807, 2.05) is 30.8 Å². The third-order valence-corrected chi connectivity index (χ3v) is 2.96. The van der Waals surface area contributed by atoms with Crippen LogP contribution in [0, 0.1) is 5.41 Å². The lowest BCUT2D eigenvalue weighted by molar-refractivity contribution is 0.615. The molecule has 0 radical (unpaired) electrons. The van der Waals surface area contributed by atoms with Crippen molar-refractivity contribution in [1.82, 2.24) is 4.90 Å². The van der Waals surface area contributed by atoms with Gasteiger partial charge in [-0.1, -0.05) is 13.8 Å². The third-order valence-electron chi connectivity index (χ3n) is 1.62. The van der Waals surface area contributed by atoms with E-state index in [1.165, 1.54) is 6.42 Å². The Labute approximate surface area is 73.9 Å². The predicted octanol–water partition coefficient (Wildman–Crippen LogP) is 2.06. The first-order valence-electron chi connectivity index (χ1n) is 3.94. The van der Waals surface area contributed by atoms with E-state index in [-0.39, 0.29) is 0 Å². The van der Waals surface area contributed by atoms with Gasteiger partial charge >= 0.3 is 0 Å². The Morgan fingerprint density at radius 3 is 2.45 bits per heavy atom. The molecule has 1 unspecified atom stereocenters. The Bertz CT molecular complexity index is 123. The lowest BCUT2D eigenvalue weighted by atomic mass is 10.4. The van der Waals surface area contributed by atoms with E-state index < -0.39 is 0 Å². The largest absolute Gasteiger partial charge is 0.366 e. The Morgan fingerprint density at radius 1 is 1.55 bits per heavy atom. The summed E-state index contributed by atoms with van der Waals surface area (Å²) in [5.74, 6) is 1.54. The SMILES string of the molecule is CCC(C)SCC(=N)N(C)C. The molecule has 1 N–H and O–H groups in total. The summed E-state index contributed by atoms with van der Waals surface area (Å²) in [6.45, 7) is 4.38. The maximum atomic E-state index is 7.52. The van der Waals surface area contributed by atoms with Gasteiger partial charge in [-0.3, -0.25) is 5.41 Å². The molecule has 66 valence electrons. The van der Waals surface area contributed by atoms with Gasteiger partial charge in [-0.05, 0) is 6.42 Å². The van der Waals surface area contributed by atoms with Crippen LogP contribution in [0.2, 0.25) is 0 Å². The Hall–Kier alpha value is -0.180. The fourth-order valence-corrected chi connectivity index (χ4v) is 1.40. The molecule has 0 fully saturated rings. The highest BCUT2D eigenvalue weighted by Crippen LogP contribution is 2.13. The molecule has 0 bridgehead atoms. The van der Waals surface area contributed by atoms with E-state index in [1.54, 1.807) is 0 Å². The van der Waals surface area contributed by atoms with Crippen LogP contribution in [0.5, 0.6) is 0 Å². The molecular weight excluding hydrogens is 156 g/mol. The quantitative estimate of drug-likeness (QED) is 0.522. The zero-order chi connectivity index (χ0) is 8.85. The molecular formula is C8H18N2S. The van der Waals surface area contributed by atoms with E-state index in [4.69, 9.17) is 5.41 Å². The second-order valence-corrected chi connectivity index (χ2v) is 4.30. The lowest BCUT2D eigenvalue weighted by Gasteiger charge is -2.14. The van der Waals surface area contributed by atoms with Crippen LogP contribution in [0.3, 0.4) is 0 Å². The molecule has 0 amide bonds. The van der Waals surface area contributed by atoms with Crippen LogP contribution in [0.4, 0.5) is 0 Å². The summed E-state index contributed by atoms with van der Waals surface area (Å²) < 4.78 is 0. The Morgan fingerprint density at radius 2 is 2.09 bits per heavy atom. The molecule has 0 aliphatic heterocycles. The van der Waals surface area contributed by atoms with Crippen LogP contribution in [-0.2, 0) is 0 Å². The molecule has 0 aliphatic carbocycles. The monoisotopic (exact) mass is 174 g/mol. The predicted molar refractivity (Wildman–Crippen MR) is 53.6 cm³/mol. The fourth-order valence-electron chi connectivity index (χ4n) is 0.468. The highest BCUT2D eigenvalue weighted by atomic mass is 32.2. The normalized spacial score (nSPS) is 12.7. The summed E-state index contributed by atoms with van der Waals surface area (Å²) in [5, 5.41) is 8.19. The second-order valence-electron chi connectivity index (χ2n) is 2.87. The first kappa shape index (κ1) is 10.8. The molecule has 11 heavy (non-hydrogen) atoms. The van der Waals surface area contributed by atoms with E-state index in [9.17, 15) is 0 Å². The first-order valence-corrected chi connectivity index (χ1v) is 4.99. The van der Waals surface area contributed by atoms with Gasteiger partial charge in [-0.25, -0.2) is 0 Å². The Kier molecular flexibility index (Phi) is 5.38. The summed E-state index contributed by atoms with van der Waals surface area (Å²) >= 11 is 1.85. The summed E-state index contributed by atoms with van der Waals surface area (Å²) in [5.41, 5.74) is 0. The molecule has 0 aliphatic rings. The van der Waals surface area contributed by atoms with E-state index in [0.29, 0.717) is 11.1 Å². The topological polar surface area (TPSA) is 27.1 Å². The molecule has 0 aromatic carbocycles. The van der Waals surface area contributed by atoms with E-state index in [2.05, 4.69) is 13.8 Å². The van der Waals surface area contributed by atoms with Gasteiger partial charge in [-0.15, -0.1) is 0 Å². The number of hydrogen-bond donors (Lipinski definition) is 1. The van der Waals surface area contributed by atoms with Crippen molar-refractivity contribution < 1.29 is 0 Å². The molecule has 0 aromatic rings. The fraction of sp³-hybridized carbons (Fsp3) is 0.875. The smallest absolute Gasteiger partial charge is 0.105 e. The van der Waals surface area contributed by atoms with Crippen molar-refractivity contribution in [3.05, 3.63) is 0 Å². The number of nitrogens with one attached hydrogen (secondary N) is 1. The van der Waals surface area contributed by atoms with Crippen LogP contribution in [0.15, 0.2) is 0 Å². The maximum absolute atomic E-state index is 7.52. The molecule has 0 saturated carbocycles. The summed E-state index contributed by atoms with van der Waals surface area (Å²) in [6, 6.07) is 0. The lowest BCUT2D eigenvalue weighted by Crippen LogP contribution is -2.23. The van der Waals surface area contributed by atoms with Gasteiger partial charge in [0.15, 0.2) is 0 Å². The molecule has 0 rings (SSSR count). The molecule has 3 heteroatoms. The van der Waals surface area contributed by atoms with Crippen molar-refractivity contribution in [1.29, 1.82) is 5.41 Å². The number of hydrogen-bond acceptors (Lipinski definition) is 2. The van der Waals surface area contributed by atoms with Gasteiger partial charge in [0.25, 0.3) is 0 Å². The standard InChI is InChI=1S/C8H18N2S/c1-5-7(2)11-6-8(9)10(3)4/h7,9H,5-6H2,1-4H3. The van der Waals surface area contributed by atoms with Crippen LogP contribution in [0.25, 0.3) is 0 Å². The molecule has 0 heterocycles. The van der Waals surface area contributed by atoms with Gasteiger partial charge in [0.05, 0.1) is 5.75 Å². The summed E-state index contributed by atoms with van der Waals surface area (Å²) in [4.78, 5) is 1.86. The van der Waals surface area contributed by atoms with Crippen molar-refractivity contribution in [3.8, 4) is 0 Å². The average molecular weight is 174 g/mol. The van der Waals surface area contributed by atoms with Crippen molar-refractivity contribution in [2.75, 3.05) is 19.8 Å². The zero-order valence-corrected chi connectivity index (χ0v) is 8.66. The minimum Gasteiger partial charge on any atom is -0.366 e. The van der Waals surface area contributed by atoms with Gasteiger partial charge in [0.1, 0.15) is 5.84 Å². The third kappa shape index (κ3) is 5.13. The average Bonchev–Trinajstić information content (AvgIpc) is 1.99. The molecule has 0 saturated heterocycles. The van der Waals surface area contributed by atoms with Crippen LogP contribution < -0.4 is 0 Å². The minimum atomic E-state index is 0.676. The minimum absolute atomic E-state index is 0.676. The van der Waals surface area contributed by atoms with Crippen LogP contribution in [-0.4, -0.2) is 35.8 Å². The number of rotatable bonds is 4. The second kappa shape index (κ2) is 5.47. The van der Waals surface area contributed by atoms with E-state index >= 15 is 0 Å². The van der Waals surface area contributed by atoms with Crippen LogP contribution >= 0.6 is 11.8 Å². The molecule has 2 nitrogen and oxygen atoms in total. The number of nitrogens with zero attached hydrogens (tertiary/aromatic N) is 1. The maximum Gasteiger partial charge on any atom is 0.105 e. The number of amidine groups is 1. The first-order chi connectivity index (χ1) is 5.07. The van der Waals surface area contributed by atoms with Crippen molar-refractivity contribution in [3.63, 3.8) is 0 Å². The number of thioether (sulfide) groups is 1. The zero-order valence-electron chi connectivity index (χ0n) is 7.85. The van der Waals surface area contributed by atoms with Gasteiger partial charge < -0.3 is 4.90 Å². The highest BCUT2D eigenvalue weighted by molar-refractivity contribution is 8.00. The Balaban J connectivity index is 3.46. The van der Waals surface area contributed by atoms with Crippen molar-refractivity contribution in [2.45, 2.75) is 25.5 Å².